The third-order valence-electron chi connectivity index (χ3n) is 3.75. The number of hydrogen-bond acceptors (Lipinski definition) is 1. The van der Waals surface area contributed by atoms with Crippen LogP contribution in [0.1, 0.15) is 24.0 Å². The third-order valence-corrected chi connectivity index (χ3v) is 3.75. The van der Waals surface area contributed by atoms with Crippen LogP contribution in [0.3, 0.4) is 0 Å². The molecule has 0 radical (unpaired) electrons. The van der Waals surface area contributed by atoms with Crippen molar-refractivity contribution in [1.29, 1.82) is 0 Å². The molecule has 1 atom stereocenters. The molecule has 2 amide bonds. The number of para-hydroxylation sites is 1. The van der Waals surface area contributed by atoms with Crippen LogP contribution < -0.4 is 10.2 Å². The molecule has 2 aromatic carbocycles. The molecule has 1 unspecified atom stereocenters. The first kappa shape index (κ1) is 12.7. The normalized spacial score (nSPS) is 16.9. The Kier molecular flexibility index (Phi) is 3.42. The number of anilines is 1. The van der Waals surface area contributed by atoms with Crippen LogP contribution in [0.15, 0.2) is 54.6 Å². The van der Waals surface area contributed by atoms with Gasteiger partial charge in [0.05, 0.1) is 0 Å². The second-order valence-electron chi connectivity index (χ2n) is 5.21. The summed E-state index contributed by atoms with van der Waals surface area (Å²) in [4.78, 5) is 14.2. The lowest BCUT2D eigenvalue weighted by atomic mass is 10.0. The van der Waals surface area contributed by atoms with Crippen LogP contribution in [0.4, 0.5) is 10.5 Å². The molecule has 1 N–H and O–H groups in total. The van der Waals surface area contributed by atoms with Crippen molar-refractivity contribution < 1.29 is 4.79 Å². The maximum atomic E-state index is 12.3. The summed E-state index contributed by atoms with van der Waals surface area (Å²) >= 11 is 0. The van der Waals surface area contributed by atoms with Gasteiger partial charge in [-0.3, -0.25) is 4.90 Å². The second-order valence-corrected chi connectivity index (χ2v) is 5.21. The van der Waals surface area contributed by atoms with Crippen LogP contribution in [0.2, 0.25) is 0 Å². The van der Waals surface area contributed by atoms with Crippen molar-refractivity contribution in [2.75, 3.05) is 11.4 Å². The smallest absolute Gasteiger partial charge is 0.322 e. The molecule has 20 heavy (non-hydrogen) atoms. The van der Waals surface area contributed by atoms with Crippen molar-refractivity contribution in [1.82, 2.24) is 5.32 Å². The van der Waals surface area contributed by atoms with E-state index in [0.717, 1.165) is 17.8 Å². The average Bonchev–Trinajstić information content (AvgIpc) is 2.84. The maximum absolute atomic E-state index is 12.3. The van der Waals surface area contributed by atoms with Gasteiger partial charge >= 0.3 is 6.03 Å². The predicted octanol–water partition coefficient (Wildman–Crippen LogP) is 3.52. The Morgan fingerprint density at radius 1 is 1.15 bits per heavy atom. The van der Waals surface area contributed by atoms with Gasteiger partial charge in [-0.1, -0.05) is 55.5 Å². The molecule has 0 saturated carbocycles. The molecule has 3 heteroatoms. The minimum Gasteiger partial charge on any atom is -0.334 e. The van der Waals surface area contributed by atoms with Crippen molar-refractivity contribution in [3.8, 4) is 0 Å². The minimum atomic E-state index is -0.0225. The van der Waals surface area contributed by atoms with Crippen molar-refractivity contribution in [3.63, 3.8) is 0 Å². The molecule has 102 valence electrons. The molecule has 3 rings (SSSR count). The topological polar surface area (TPSA) is 32.3 Å². The van der Waals surface area contributed by atoms with E-state index in [9.17, 15) is 4.79 Å². The number of nitrogens with zero attached hydrogens (tertiary/aromatic N) is 1. The summed E-state index contributed by atoms with van der Waals surface area (Å²) in [5.41, 5.74) is 3.40. The van der Waals surface area contributed by atoms with Gasteiger partial charge in [-0.05, 0) is 17.2 Å². The highest BCUT2D eigenvalue weighted by molar-refractivity contribution is 5.94. The molecule has 2 aromatic rings. The molecular formula is C17H18N2O. The number of carbonyl (C=O) groups is 1. The molecular weight excluding hydrogens is 248 g/mol. The van der Waals surface area contributed by atoms with Crippen molar-refractivity contribution in [2.24, 2.45) is 0 Å². The molecule has 3 nitrogen and oxygen atoms in total. The molecule has 0 aromatic heterocycles. The molecule has 0 fully saturated rings. The zero-order valence-corrected chi connectivity index (χ0v) is 11.5. The summed E-state index contributed by atoms with van der Waals surface area (Å²) < 4.78 is 0. The fourth-order valence-corrected chi connectivity index (χ4v) is 2.68. The van der Waals surface area contributed by atoms with Gasteiger partial charge in [0.1, 0.15) is 0 Å². The zero-order valence-electron chi connectivity index (χ0n) is 11.5. The molecule has 1 heterocycles. The highest BCUT2D eigenvalue weighted by Gasteiger charge is 2.29. The van der Waals surface area contributed by atoms with E-state index < -0.39 is 0 Å². The van der Waals surface area contributed by atoms with E-state index in [1.165, 1.54) is 5.56 Å². The van der Waals surface area contributed by atoms with E-state index in [1.54, 1.807) is 0 Å². The van der Waals surface area contributed by atoms with Crippen molar-refractivity contribution in [2.45, 2.75) is 19.4 Å². The number of carbonyl (C=O) groups excluding carboxylic acids is 1. The number of hydrogen-bond donors (Lipinski definition) is 1. The highest BCUT2D eigenvalue weighted by Crippen LogP contribution is 2.35. The van der Waals surface area contributed by atoms with Gasteiger partial charge < -0.3 is 5.32 Å². The number of amides is 2. The summed E-state index contributed by atoms with van der Waals surface area (Å²) in [5, 5.41) is 2.99. The lowest BCUT2D eigenvalue weighted by molar-refractivity contribution is 0.246. The average molecular weight is 266 g/mol. The van der Waals surface area contributed by atoms with E-state index in [-0.39, 0.29) is 6.03 Å². The molecule has 0 bridgehead atoms. The first-order valence-electron chi connectivity index (χ1n) is 6.94. The van der Waals surface area contributed by atoms with Crippen molar-refractivity contribution >= 4 is 11.7 Å². The number of benzene rings is 2. The fraction of sp³-hybridized carbons (Fsp3) is 0.235. The predicted molar refractivity (Wildman–Crippen MR) is 80.9 cm³/mol. The van der Waals surface area contributed by atoms with E-state index in [1.807, 2.05) is 53.4 Å². The Labute approximate surface area is 119 Å². The van der Waals surface area contributed by atoms with E-state index >= 15 is 0 Å². The largest absolute Gasteiger partial charge is 0.334 e. The lowest BCUT2D eigenvalue weighted by Crippen LogP contribution is -2.38. The molecule has 1 aliphatic rings. The Hall–Kier alpha value is -2.29. The van der Waals surface area contributed by atoms with Crippen LogP contribution in [0.5, 0.6) is 0 Å². The van der Waals surface area contributed by atoms with Gasteiger partial charge in [-0.2, -0.15) is 0 Å². The molecule has 0 aliphatic carbocycles. The summed E-state index contributed by atoms with van der Waals surface area (Å²) in [6, 6.07) is 18.1. The van der Waals surface area contributed by atoms with Crippen LogP contribution in [-0.4, -0.2) is 12.6 Å². The van der Waals surface area contributed by atoms with Gasteiger partial charge in [0, 0.05) is 24.7 Å². The number of fused-ring (bicyclic) bond motifs is 1. The van der Waals surface area contributed by atoms with Crippen LogP contribution in [0.25, 0.3) is 0 Å². The number of urea groups is 1. The maximum Gasteiger partial charge on any atom is 0.322 e. The molecule has 0 saturated heterocycles. The number of nitrogens with one attached hydrogen (secondary N) is 1. The van der Waals surface area contributed by atoms with Gasteiger partial charge in [-0.15, -0.1) is 0 Å². The summed E-state index contributed by atoms with van der Waals surface area (Å²) in [5.74, 6) is 0.397. The van der Waals surface area contributed by atoms with Gasteiger partial charge in [0.15, 0.2) is 0 Å². The van der Waals surface area contributed by atoms with Gasteiger partial charge in [-0.25, -0.2) is 4.79 Å². The lowest BCUT2D eigenvalue weighted by Gasteiger charge is -2.18. The van der Waals surface area contributed by atoms with Gasteiger partial charge in [0.2, 0.25) is 0 Å². The first-order valence-corrected chi connectivity index (χ1v) is 6.94. The van der Waals surface area contributed by atoms with Crippen LogP contribution >= 0.6 is 0 Å². The van der Waals surface area contributed by atoms with Crippen LogP contribution in [0, 0.1) is 0 Å². The number of rotatable bonds is 2. The standard InChI is InChI=1S/C17H18N2O/c1-13-12-19(16-10-6-5-9-15(13)16)17(20)18-11-14-7-3-2-4-8-14/h2-10,13H,11-12H2,1H3,(H,18,20). The monoisotopic (exact) mass is 266 g/mol. The second kappa shape index (κ2) is 5.37. The van der Waals surface area contributed by atoms with Crippen molar-refractivity contribution in [3.05, 3.63) is 65.7 Å². The zero-order chi connectivity index (χ0) is 13.9. The fourth-order valence-electron chi connectivity index (χ4n) is 2.68. The molecule has 1 aliphatic heterocycles. The first-order chi connectivity index (χ1) is 9.75. The quantitative estimate of drug-likeness (QED) is 0.886. The Balaban J connectivity index is 1.70. The third kappa shape index (κ3) is 2.39. The van der Waals surface area contributed by atoms with E-state index in [2.05, 4.69) is 18.3 Å². The summed E-state index contributed by atoms with van der Waals surface area (Å²) in [6.45, 7) is 3.47. The Morgan fingerprint density at radius 3 is 2.65 bits per heavy atom. The Morgan fingerprint density at radius 2 is 1.85 bits per heavy atom. The molecule has 0 spiro atoms. The summed E-state index contributed by atoms with van der Waals surface area (Å²) in [7, 11) is 0. The SMILES string of the molecule is CC1CN(C(=O)NCc2ccccc2)c2ccccc21. The summed E-state index contributed by atoms with van der Waals surface area (Å²) in [6.07, 6.45) is 0. The minimum absolute atomic E-state index is 0.0225. The van der Waals surface area contributed by atoms with Crippen LogP contribution in [-0.2, 0) is 6.54 Å². The highest BCUT2D eigenvalue weighted by atomic mass is 16.2. The van der Waals surface area contributed by atoms with E-state index in [0.29, 0.717) is 12.5 Å². The van der Waals surface area contributed by atoms with E-state index in [4.69, 9.17) is 0 Å². The Bertz CT molecular complexity index is 609. The van der Waals surface area contributed by atoms with Gasteiger partial charge in [0.25, 0.3) is 0 Å².